The summed E-state index contributed by atoms with van der Waals surface area (Å²) in [5.41, 5.74) is 11.4. The van der Waals surface area contributed by atoms with E-state index in [4.69, 9.17) is 10.8 Å². The molecule has 0 saturated heterocycles. The van der Waals surface area contributed by atoms with E-state index >= 15 is 0 Å². The predicted octanol–water partition coefficient (Wildman–Crippen LogP) is 4.24. The number of aliphatic hydroxyl groups excluding tert-OH is 1. The van der Waals surface area contributed by atoms with E-state index in [0.29, 0.717) is 24.3 Å². The molecule has 4 N–H and O–H groups in total. The van der Waals surface area contributed by atoms with Gasteiger partial charge in [0, 0.05) is 12.8 Å². The number of allylic oxidation sites excluding steroid dienone is 1. The summed E-state index contributed by atoms with van der Waals surface area (Å²) in [6.07, 6.45) is 8.32. The van der Waals surface area contributed by atoms with E-state index in [1.807, 2.05) is 4.68 Å². The van der Waals surface area contributed by atoms with Gasteiger partial charge in [-0.15, -0.1) is 0 Å². The van der Waals surface area contributed by atoms with Crippen LogP contribution in [0.25, 0.3) is 5.69 Å². The molecule has 0 amide bonds. The molecule has 1 heterocycles. The summed E-state index contributed by atoms with van der Waals surface area (Å²) in [5.74, 6) is 0.696. The van der Waals surface area contributed by atoms with Crippen molar-refractivity contribution in [3.8, 4) is 5.69 Å². The van der Waals surface area contributed by atoms with Crippen molar-refractivity contribution in [2.45, 2.75) is 52.4 Å². The molecule has 0 aliphatic heterocycles. The second-order valence-corrected chi connectivity index (χ2v) is 11.4. The van der Waals surface area contributed by atoms with Crippen LogP contribution >= 0.6 is 0 Å². The highest BCUT2D eigenvalue weighted by atomic mass is 16.4. The van der Waals surface area contributed by atoms with Crippen molar-refractivity contribution >= 4 is 5.97 Å². The SMILES string of the molecule is C=C1CC[C@H]2[C@@H](CN)[C@@H]([C@@]3(C)Cc4cn(-c5ccc(C(=O)O)cc5)nc4C[C@@H]3CO)CC[C@]12C. The lowest BCUT2D eigenvalue weighted by molar-refractivity contribution is -0.0536. The van der Waals surface area contributed by atoms with Crippen molar-refractivity contribution in [3.05, 3.63) is 59.4 Å². The van der Waals surface area contributed by atoms with Gasteiger partial charge < -0.3 is 15.9 Å². The van der Waals surface area contributed by atoms with Crippen molar-refractivity contribution < 1.29 is 15.0 Å². The van der Waals surface area contributed by atoms with E-state index in [9.17, 15) is 15.0 Å². The Kier molecular flexibility index (Phi) is 5.72. The van der Waals surface area contributed by atoms with Crippen LogP contribution in [0.1, 0.15) is 61.1 Å². The topological polar surface area (TPSA) is 101 Å². The minimum absolute atomic E-state index is 0.0436. The van der Waals surface area contributed by atoms with Crippen molar-refractivity contribution in [1.82, 2.24) is 9.78 Å². The van der Waals surface area contributed by atoms with Crippen LogP contribution in [0, 0.1) is 34.5 Å². The van der Waals surface area contributed by atoms with Crippen LogP contribution < -0.4 is 5.73 Å². The molecule has 6 nitrogen and oxygen atoms in total. The lowest BCUT2D eigenvalue weighted by Crippen LogP contribution is -2.53. The number of rotatable bonds is 5. The van der Waals surface area contributed by atoms with Crippen LogP contribution in [0.2, 0.25) is 0 Å². The highest BCUT2D eigenvalue weighted by Crippen LogP contribution is 2.62. The summed E-state index contributed by atoms with van der Waals surface area (Å²) in [5, 5.41) is 24.5. The zero-order valence-corrected chi connectivity index (χ0v) is 20.3. The quantitative estimate of drug-likeness (QED) is 0.576. The van der Waals surface area contributed by atoms with E-state index in [2.05, 4.69) is 26.6 Å². The van der Waals surface area contributed by atoms with Gasteiger partial charge in [-0.1, -0.05) is 26.0 Å². The maximum Gasteiger partial charge on any atom is 0.335 e. The van der Waals surface area contributed by atoms with E-state index in [-0.39, 0.29) is 28.9 Å². The molecule has 1 aromatic carbocycles. The molecule has 0 bridgehead atoms. The van der Waals surface area contributed by atoms with Crippen LogP contribution in [0.3, 0.4) is 0 Å². The number of fused-ring (bicyclic) bond motifs is 2. The molecule has 2 fully saturated rings. The zero-order valence-electron chi connectivity index (χ0n) is 20.3. The third kappa shape index (κ3) is 3.45. The Morgan fingerprint density at radius 2 is 1.97 bits per heavy atom. The Balaban J connectivity index is 1.46. The largest absolute Gasteiger partial charge is 0.478 e. The Bertz CT molecular complexity index is 1110. The van der Waals surface area contributed by atoms with Gasteiger partial charge in [0.05, 0.1) is 16.9 Å². The lowest BCUT2D eigenvalue weighted by atomic mass is 9.49. The Morgan fingerprint density at radius 1 is 1.24 bits per heavy atom. The molecular weight excluding hydrogens is 426 g/mol. The Morgan fingerprint density at radius 3 is 2.62 bits per heavy atom. The van der Waals surface area contributed by atoms with E-state index < -0.39 is 5.97 Å². The summed E-state index contributed by atoms with van der Waals surface area (Å²) in [4.78, 5) is 11.2. The number of nitrogens with two attached hydrogens (primary N) is 1. The fraction of sp³-hybridized carbons (Fsp3) is 0.571. The van der Waals surface area contributed by atoms with Gasteiger partial charge in [-0.2, -0.15) is 5.10 Å². The molecule has 2 aromatic rings. The summed E-state index contributed by atoms with van der Waals surface area (Å²) < 4.78 is 1.86. The first-order chi connectivity index (χ1) is 16.2. The van der Waals surface area contributed by atoms with Crippen molar-refractivity contribution in [2.75, 3.05) is 13.2 Å². The number of benzene rings is 1. The highest BCUT2D eigenvalue weighted by Gasteiger charge is 2.56. The first-order valence-corrected chi connectivity index (χ1v) is 12.6. The smallest absolute Gasteiger partial charge is 0.335 e. The standard InChI is InChI=1S/C28H37N3O3/c1-17-4-9-23-22(14-29)24(10-11-27(17,23)2)28(3)13-19-15-31(30-25(19)12-20(28)16-32)21-7-5-18(6-8-21)26(33)34/h5-8,15,20,22-24,32H,1,4,9-14,16,29H2,2-3H3,(H,33,34)/t20-,22-,23+,24+,27-,28+/m1/s1. The maximum absolute atomic E-state index is 11.2. The van der Waals surface area contributed by atoms with Gasteiger partial charge in [0.1, 0.15) is 0 Å². The van der Waals surface area contributed by atoms with Crippen molar-refractivity contribution in [2.24, 2.45) is 40.2 Å². The minimum Gasteiger partial charge on any atom is -0.478 e. The van der Waals surface area contributed by atoms with Gasteiger partial charge >= 0.3 is 5.97 Å². The van der Waals surface area contributed by atoms with Gasteiger partial charge in [0.25, 0.3) is 0 Å². The number of aromatic carboxylic acids is 1. The fourth-order valence-corrected chi connectivity index (χ4v) is 7.72. The van der Waals surface area contributed by atoms with Crippen LogP contribution in [0.4, 0.5) is 0 Å². The third-order valence-electron chi connectivity index (χ3n) is 9.93. The van der Waals surface area contributed by atoms with Crippen LogP contribution in [0.5, 0.6) is 0 Å². The molecule has 34 heavy (non-hydrogen) atoms. The number of aliphatic hydroxyl groups is 1. The van der Waals surface area contributed by atoms with Gasteiger partial charge in [0.2, 0.25) is 0 Å². The molecule has 1 aromatic heterocycles. The third-order valence-corrected chi connectivity index (χ3v) is 9.93. The molecule has 182 valence electrons. The van der Waals surface area contributed by atoms with Gasteiger partial charge in [0.15, 0.2) is 0 Å². The number of aromatic nitrogens is 2. The number of hydrogen-bond donors (Lipinski definition) is 3. The number of nitrogens with zero attached hydrogens (tertiary/aromatic N) is 2. The number of hydrogen-bond acceptors (Lipinski definition) is 4. The number of carboxylic acid groups (broad SMARTS) is 1. The number of carboxylic acids is 1. The predicted molar refractivity (Wildman–Crippen MR) is 132 cm³/mol. The normalized spacial score (nSPS) is 35.1. The fourth-order valence-electron chi connectivity index (χ4n) is 7.72. The zero-order chi connectivity index (χ0) is 24.3. The highest BCUT2D eigenvalue weighted by molar-refractivity contribution is 5.87. The van der Waals surface area contributed by atoms with Crippen LogP contribution in [0.15, 0.2) is 42.6 Å². The molecule has 6 heteroatoms. The molecule has 3 aliphatic rings. The lowest BCUT2D eigenvalue weighted by Gasteiger charge is -2.55. The van der Waals surface area contributed by atoms with Crippen molar-refractivity contribution in [3.63, 3.8) is 0 Å². The summed E-state index contributed by atoms with van der Waals surface area (Å²) in [6.45, 7) is 10.0. The first kappa shape index (κ1) is 23.3. The van der Waals surface area contributed by atoms with Crippen LogP contribution in [-0.2, 0) is 12.8 Å². The minimum atomic E-state index is -0.934. The molecule has 3 aliphatic carbocycles. The van der Waals surface area contributed by atoms with Crippen LogP contribution in [-0.4, -0.2) is 39.1 Å². The monoisotopic (exact) mass is 463 g/mol. The summed E-state index contributed by atoms with van der Waals surface area (Å²) in [7, 11) is 0. The molecule has 0 radical (unpaired) electrons. The molecule has 5 rings (SSSR count). The summed E-state index contributed by atoms with van der Waals surface area (Å²) >= 11 is 0. The van der Waals surface area contributed by atoms with Gasteiger partial charge in [-0.25, -0.2) is 9.48 Å². The van der Waals surface area contributed by atoms with E-state index in [1.165, 1.54) is 17.6 Å². The van der Waals surface area contributed by atoms with Crippen molar-refractivity contribution in [1.29, 1.82) is 0 Å². The van der Waals surface area contributed by atoms with Gasteiger partial charge in [-0.05, 0) is 109 Å². The average molecular weight is 464 g/mol. The van der Waals surface area contributed by atoms with E-state index in [0.717, 1.165) is 43.5 Å². The Hall–Kier alpha value is -2.44. The second kappa shape index (κ2) is 8.35. The van der Waals surface area contributed by atoms with E-state index in [1.54, 1.807) is 24.3 Å². The molecule has 0 unspecified atom stereocenters. The van der Waals surface area contributed by atoms with Gasteiger partial charge in [-0.3, -0.25) is 0 Å². The average Bonchev–Trinajstić information content (AvgIpc) is 3.37. The molecule has 0 spiro atoms. The first-order valence-electron chi connectivity index (χ1n) is 12.6. The summed E-state index contributed by atoms with van der Waals surface area (Å²) in [6, 6.07) is 6.81. The second-order valence-electron chi connectivity index (χ2n) is 11.4. The Labute approximate surface area is 201 Å². The maximum atomic E-state index is 11.2. The molecule has 2 saturated carbocycles. The molecule has 6 atom stereocenters. The number of carbonyl (C=O) groups is 1. The molecular formula is C28H37N3O3.